The van der Waals surface area contributed by atoms with E-state index in [1.165, 1.54) is 81.8 Å². The van der Waals surface area contributed by atoms with E-state index in [0.29, 0.717) is 17.6 Å². The van der Waals surface area contributed by atoms with Crippen LogP contribution in [0.1, 0.15) is 218 Å². The van der Waals surface area contributed by atoms with Gasteiger partial charge in [0, 0.05) is 46.4 Å². The first-order valence-electron chi connectivity index (χ1n) is 31.3. The van der Waals surface area contributed by atoms with Crippen LogP contribution in [-0.2, 0) is 32.6 Å². The second kappa shape index (κ2) is 30.4. The molecule has 4 bridgehead atoms. The Bertz CT molecular complexity index is 2960. The second-order valence-corrected chi connectivity index (χ2v) is 29.3. The van der Waals surface area contributed by atoms with Crippen molar-refractivity contribution in [3.05, 3.63) is 191 Å². The first-order chi connectivity index (χ1) is 39.4. The SMILES string of the molecule is C#Cc1ccc(C(=C)c2ccc(C(C)(C)C)cc2)cc1.C#Cc1ccc(C(=C)c2ccc(CC(C)(C)C)cc2)cc1.CC(C)(C)C(=O)Cc1ccccc1.CC(C)(C)C(=O)NC12CC3CC(CC(C3)C1)C2.CC(C)C(=O)NCC1CCCCC1. The summed E-state index contributed by atoms with van der Waals surface area (Å²) in [6.45, 7) is 38.5. The number of hydrogen-bond acceptors (Lipinski definition) is 3. The van der Waals surface area contributed by atoms with Gasteiger partial charge in [0.25, 0.3) is 0 Å². The molecular formula is C79H104N2O3. The van der Waals surface area contributed by atoms with Gasteiger partial charge in [0.2, 0.25) is 11.8 Å². The Hall–Kier alpha value is -6.69. The Labute approximate surface area is 510 Å². The topological polar surface area (TPSA) is 75.3 Å². The zero-order valence-electron chi connectivity index (χ0n) is 54.2. The van der Waals surface area contributed by atoms with E-state index in [4.69, 9.17) is 12.8 Å². The number of nitrogens with one attached hydrogen (secondary N) is 2. The fourth-order valence-corrected chi connectivity index (χ4v) is 12.1. The number of hydrogen-bond donors (Lipinski definition) is 2. The van der Waals surface area contributed by atoms with E-state index in [1.807, 2.05) is 134 Å². The van der Waals surface area contributed by atoms with Crippen LogP contribution >= 0.6 is 0 Å². The van der Waals surface area contributed by atoms with Crippen molar-refractivity contribution in [3.8, 4) is 24.7 Å². The molecule has 84 heavy (non-hydrogen) atoms. The third-order valence-electron chi connectivity index (χ3n) is 16.9. The average Bonchev–Trinajstić information content (AvgIpc) is 3.08. The summed E-state index contributed by atoms with van der Waals surface area (Å²) in [7, 11) is 0. The lowest BCUT2D eigenvalue weighted by Gasteiger charge is -2.57. The van der Waals surface area contributed by atoms with Crippen molar-refractivity contribution in [3.63, 3.8) is 0 Å². The minimum atomic E-state index is -0.247. The largest absolute Gasteiger partial charge is 0.356 e. The maximum atomic E-state index is 12.2. The molecule has 5 aromatic rings. The minimum Gasteiger partial charge on any atom is -0.356 e. The summed E-state index contributed by atoms with van der Waals surface area (Å²) in [4.78, 5) is 35.1. The molecule has 0 aromatic heterocycles. The summed E-state index contributed by atoms with van der Waals surface area (Å²) in [5.41, 5.74) is 12.3. The minimum absolute atomic E-state index is 0.128. The molecule has 0 spiro atoms. The van der Waals surface area contributed by atoms with E-state index in [0.717, 1.165) is 86.7 Å². The van der Waals surface area contributed by atoms with Crippen LogP contribution in [0.15, 0.2) is 141 Å². The molecule has 0 unspecified atom stereocenters. The van der Waals surface area contributed by atoms with Crippen molar-refractivity contribution in [2.24, 2.45) is 45.8 Å². The summed E-state index contributed by atoms with van der Waals surface area (Å²) in [5.74, 6) is 9.59. The predicted molar refractivity (Wildman–Crippen MR) is 357 cm³/mol. The van der Waals surface area contributed by atoms with Gasteiger partial charge < -0.3 is 10.6 Å². The highest BCUT2D eigenvalue weighted by Gasteiger charge is 2.52. The van der Waals surface area contributed by atoms with Crippen molar-refractivity contribution >= 4 is 28.7 Å². The van der Waals surface area contributed by atoms with Gasteiger partial charge in [0.1, 0.15) is 5.78 Å². The summed E-state index contributed by atoms with van der Waals surface area (Å²) in [6, 6.07) is 43.1. The maximum absolute atomic E-state index is 12.2. The molecule has 0 aliphatic heterocycles. The Morgan fingerprint density at radius 2 is 0.976 bits per heavy atom. The van der Waals surface area contributed by atoms with Crippen LogP contribution < -0.4 is 10.6 Å². The Morgan fingerprint density at radius 1 is 0.560 bits per heavy atom. The van der Waals surface area contributed by atoms with Crippen molar-refractivity contribution < 1.29 is 14.4 Å². The van der Waals surface area contributed by atoms with Gasteiger partial charge in [-0.2, -0.15) is 0 Å². The second-order valence-electron chi connectivity index (χ2n) is 29.3. The number of Topliss-reactive ketones (excluding diaryl/α,β-unsaturated/α-hetero) is 1. The van der Waals surface area contributed by atoms with Gasteiger partial charge >= 0.3 is 0 Å². The summed E-state index contributed by atoms with van der Waals surface area (Å²) in [5, 5.41) is 6.44. The molecule has 0 saturated heterocycles. The standard InChI is InChI=1S/C21H22.C20H20.C15H25NO.C12H16O.C11H21NO/c1-6-17-7-11-19(12-8-17)16(2)20-13-9-18(10-14-20)15-21(3,4)5;1-6-16-7-9-17(10-8-16)15(2)18-11-13-19(14-12-18)20(3,4)5;1-14(2,3)13(17)16-15-7-10-4-11(8-15)6-12(5-10)9-15;1-12(2,3)11(13)9-10-7-5-4-6-8-10;1-9(2)11(13)12-8-10-6-4-3-5-7-10/h1,7-14H,2,15H2,3-5H3;1,7-14H,2H2,3-5H3;10-12H,4-9H2,1-3H3,(H,16,17);4-8H,9H2,1-3H3;9-10H,3-8H2,1-2H3,(H,12,13). The Morgan fingerprint density at radius 3 is 1.35 bits per heavy atom. The molecule has 2 N–H and O–H groups in total. The molecule has 5 saturated carbocycles. The van der Waals surface area contributed by atoms with Crippen molar-refractivity contribution in [2.75, 3.05) is 6.54 Å². The molecule has 2 amide bonds. The average molecular weight is 1130 g/mol. The van der Waals surface area contributed by atoms with Crippen molar-refractivity contribution in [2.45, 2.75) is 191 Å². The molecule has 10 rings (SSSR count). The van der Waals surface area contributed by atoms with E-state index in [9.17, 15) is 14.4 Å². The molecule has 5 aliphatic carbocycles. The molecule has 5 aliphatic rings. The molecule has 5 nitrogen and oxygen atoms in total. The Kier molecular flexibility index (Phi) is 24.6. The van der Waals surface area contributed by atoms with Gasteiger partial charge in [-0.3, -0.25) is 14.4 Å². The van der Waals surface area contributed by atoms with Crippen LogP contribution in [0, 0.1) is 70.5 Å². The summed E-state index contributed by atoms with van der Waals surface area (Å²) in [6.07, 6.45) is 27.1. The smallest absolute Gasteiger partial charge is 0.225 e. The predicted octanol–water partition coefficient (Wildman–Crippen LogP) is 18.6. The van der Waals surface area contributed by atoms with Gasteiger partial charge in [-0.05, 0) is 167 Å². The molecule has 5 fully saturated rings. The lowest BCUT2D eigenvalue weighted by Crippen LogP contribution is -2.61. The molecule has 448 valence electrons. The maximum Gasteiger partial charge on any atom is 0.225 e. The molecular weight excluding hydrogens is 1020 g/mol. The van der Waals surface area contributed by atoms with Crippen LogP contribution in [0.5, 0.6) is 0 Å². The van der Waals surface area contributed by atoms with Crippen LogP contribution in [0.3, 0.4) is 0 Å². The van der Waals surface area contributed by atoms with Gasteiger partial charge in [-0.25, -0.2) is 0 Å². The third kappa shape index (κ3) is 22.1. The molecule has 0 heterocycles. The van der Waals surface area contributed by atoms with Crippen LogP contribution in [-0.4, -0.2) is 29.7 Å². The Balaban J connectivity index is 0.000000195. The third-order valence-corrected chi connectivity index (χ3v) is 16.9. The first-order valence-corrected chi connectivity index (χ1v) is 31.3. The van der Waals surface area contributed by atoms with Crippen LogP contribution in [0.4, 0.5) is 0 Å². The summed E-state index contributed by atoms with van der Waals surface area (Å²) >= 11 is 0. The highest BCUT2D eigenvalue weighted by Crippen LogP contribution is 2.55. The molecule has 0 atom stereocenters. The molecule has 0 radical (unpaired) electrons. The fraction of sp³-hybridized carbons (Fsp3) is 0.481. The van der Waals surface area contributed by atoms with E-state index in [2.05, 4.69) is 126 Å². The number of amides is 2. The quantitative estimate of drug-likeness (QED) is 0.129. The number of rotatable bonds is 11. The zero-order chi connectivity index (χ0) is 62.0. The monoisotopic (exact) mass is 1130 g/mol. The number of benzene rings is 5. The number of carbonyl (C=O) groups excluding carboxylic acids is 3. The number of carbonyl (C=O) groups is 3. The van der Waals surface area contributed by atoms with Crippen LogP contribution in [0.25, 0.3) is 11.1 Å². The molecule has 5 aromatic carbocycles. The van der Waals surface area contributed by atoms with Gasteiger partial charge in [0.05, 0.1) is 0 Å². The number of ketones is 1. The normalized spacial score (nSPS) is 18.9. The van der Waals surface area contributed by atoms with Gasteiger partial charge in [0.15, 0.2) is 0 Å². The van der Waals surface area contributed by atoms with E-state index in [1.54, 1.807) is 0 Å². The van der Waals surface area contributed by atoms with Crippen LogP contribution in [0.2, 0.25) is 0 Å². The first kappa shape index (κ1) is 68.1. The lowest BCUT2D eigenvalue weighted by molar-refractivity contribution is -0.134. The van der Waals surface area contributed by atoms with Crippen molar-refractivity contribution in [1.29, 1.82) is 0 Å². The van der Waals surface area contributed by atoms with Crippen molar-refractivity contribution in [1.82, 2.24) is 10.6 Å². The van der Waals surface area contributed by atoms with Gasteiger partial charge in [-0.1, -0.05) is 244 Å². The van der Waals surface area contributed by atoms with Gasteiger partial charge in [-0.15, -0.1) is 12.8 Å². The van der Waals surface area contributed by atoms with E-state index < -0.39 is 0 Å². The molecule has 5 heteroatoms. The van der Waals surface area contributed by atoms with E-state index >= 15 is 0 Å². The summed E-state index contributed by atoms with van der Waals surface area (Å²) < 4.78 is 0. The zero-order valence-corrected chi connectivity index (χ0v) is 54.2. The highest BCUT2D eigenvalue weighted by molar-refractivity contribution is 5.86. The fourth-order valence-electron chi connectivity index (χ4n) is 12.1. The highest BCUT2D eigenvalue weighted by atomic mass is 16.2. The number of terminal acetylenes is 2. The van der Waals surface area contributed by atoms with E-state index in [-0.39, 0.29) is 39.5 Å². The lowest BCUT2D eigenvalue weighted by atomic mass is 9.53.